The standard InChI is InChI=1S/C44H44FN9O5/c45-34-16-27-20-53(35-14-15-38(57)49-44(35)58)41(37(56)23-55)33(27)18-36(34)51-21-29-17-30(22-51)52(29)19-25-6-10-28(11-7-25)54-43-39(42(46)47-24-48-43)40(50-54)26-8-12-32(13-9-26)59-31-4-2-1-3-5-31/h1-5,8-9,12-13,16,18,23-25,28-30,35,41H,6-7,10-11,14-15,17,19-22H2,(H2,46,47,48)(H,49,57,58). The van der Waals surface area contributed by atoms with Crippen molar-refractivity contribution in [3.63, 3.8) is 0 Å². The van der Waals surface area contributed by atoms with Gasteiger partial charge in [0.2, 0.25) is 17.6 Å². The van der Waals surface area contributed by atoms with Crippen LogP contribution in [0.25, 0.3) is 22.3 Å². The van der Waals surface area contributed by atoms with Gasteiger partial charge in [-0.3, -0.25) is 34.3 Å². The fourth-order valence-corrected chi connectivity index (χ4v) is 10.2. The Bertz CT molecular complexity index is 2460. The average Bonchev–Trinajstić information content (AvgIpc) is 3.82. The SMILES string of the molecule is Nc1ncnc2c1c(-c1ccc(Oc3ccccc3)cc1)nn2C1CCC(CN2C3CC2CN(c2cc4c(cc2F)CN(C2CCC(=O)NC2=O)C4C(=O)C=O)C3)CC1. The summed E-state index contributed by atoms with van der Waals surface area (Å²) in [7, 11) is 0. The first-order valence-electron chi connectivity index (χ1n) is 20.5. The van der Waals surface area contributed by atoms with Gasteiger partial charge >= 0.3 is 0 Å². The van der Waals surface area contributed by atoms with Crippen LogP contribution in [0.2, 0.25) is 0 Å². The third-order valence-electron chi connectivity index (χ3n) is 13.1. The quantitative estimate of drug-likeness (QED) is 0.109. The number of Topliss-reactive ketones (excluding diaryl/α,β-unsaturated/α-hetero) is 1. The lowest BCUT2D eigenvalue weighted by Crippen LogP contribution is -2.69. The molecule has 0 radical (unpaired) electrons. The zero-order valence-corrected chi connectivity index (χ0v) is 32.4. The van der Waals surface area contributed by atoms with Crippen molar-refractivity contribution in [2.45, 2.75) is 81.7 Å². The summed E-state index contributed by atoms with van der Waals surface area (Å²) in [5.74, 6) is 0.471. The average molecular weight is 798 g/mol. The third kappa shape index (κ3) is 6.71. The summed E-state index contributed by atoms with van der Waals surface area (Å²) in [6, 6.07) is 19.6. The molecule has 2 bridgehead atoms. The van der Waals surface area contributed by atoms with Gasteiger partial charge in [0.15, 0.2) is 11.9 Å². The lowest BCUT2D eigenvalue weighted by atomic mass is 9.81. The number of ether oxygens (including phenoxy) is 1. The maximum Gasteiger partial charge on any atom is 0.243 e. The van der Waals surface area contributed by atoms with Crippen LogP contribution in [0.15, 0.2) is 73.1 Å². The Morgan fingerprint density at radius 2 is 1.68 bits per heavy atom. The second-order valence-electron chi connectivity index (χ2n) is 16.6. The lowest BCUT2D eigenvalue weighted by Gasteiger charge is -2.58. The molecule has 5 fully saturated rings. The molecule has 4 atom stereocenters. The number of nitrogens with one attached hydrogen (secondary N) is 1. The third-order valence-corrected chi connectivity index (χ3v) is 13.1. The van der Waals surface area contributed by atoms with Crippen LogP contribution < -0.4 is 20.7 Å². The molecule has 1 saturated carbocycles. The number of nitrogens with zero attached hydrogens (tertiary/aromatic N) is 7. The number of amides is 2. The first kappa shape index (κ1) is 37.2. The number of halogens is 1. The van der Waals surface area contributed by atoms with Gasteiger partial charge in [0, 0.05) is 50.2 Å². The fourth-order valence-electron chi connectivity index (χ4n) is 10.2. The minimum atomic E-state index is -1.00. The number of nitrogens with two attached hydrogens (primary N) is 1. The summed E-state index contributed by atoms with van der Waals surface area (Å²) >= 11 is 0. The number of fused-ring (bicyclic) bond motifs is 4. The Kier molecular flexibility index (Phi) is 9.43. The van der Waals surface area contributed by atoms with Crippen molar-refractivity contribution in [3.05, 3.63) is 90.0 Å². The number of piperidine rings is 2. The van der Waals surface area contributed by atoms with Gasteiger partial charge in [0.25, 0.3) is 0 Å². The Labute approximate surface area is 339 Å². The van der Waals surface area contributed by atoms with E-state index in [1.54, 1.807) is 11.0 Å². The van der Waals surface area contributed by atoms with Gasteiger partial charge in [-0.15, -0.1) is 0 Å². The molecule has 7 heterocycles. The van der Waals surface area contributed by atoms with Crippen molar-refractivity contribution in [2.24, 2.45) is 5.92 Å². The second kappa shape index (κ2) is 15.0. The molecule has 14 nitrogen and oxygen atoms in total. The largest absolute Gasteiger partial charge is 0.457 e. The number of piperazine rings is 1. The van der Waals surface area contributed by atoms with Gasteiger partial charge in [0.05, 0.1) is 23.2 Å². The number of nitrogen functional groups attached to an aromatic ring is 1. The topological polar surface area (TPSA) is 169 Å². The van der Waals surface area contributed by atoms with Crippen LogP contribution in [0.3, 0.4) is 0 Å². The predicted octanol–water partition coefficient (Wildman–Crippen LogP) is 5.13. The summed E-state index contributed by atoms with van der Waals surface area (Å²) in [5, 5.41) is 8.20. The van der Waals surface area contributed by atoms with Crippen molar-refractivity contribution >= 4 is 46.4 Å². The molecule has 6 aliphatic rings. The number of benzene rings is 3. The molecule has 3 N–H and O–H groups in total. The van der Waals surface area contributed by atoms with Gasteiger partial charge in [-0.2, -0.15) is 5.10 Å². The fraction of sp³-hybridized carbons (Fsp3) is 0.386. The van der Waals surface area contributed by atoms with E-state index >= 15 is 4.39 Å². The molecule has 2 amide bonds. The van der Waals surface area contributed by atoms with Crippen molar-refractivity contribution in [1.29, 1.82) is 0 Å². The zero-order valence-electron chi connectivity index (χ0n) is 32.4. The smallest absolute Gasteiger partial charge is 0.243 e. The number of aldehydes is 1. The number of carbonyl (C=O) groups is 4. The number of rotatable bonds is 10. The van der Waals surface area contributed by atoms with Crippen molar-refractivity contribution in [1.82, 2.24) is 34.9 Å². The molecule has 1 aliphatic carbocycles. The first-order chi connectivity index (χ1) is 28.7. The minimum absolute atomic E-state index is 0.134. The van der Waals surface area contributed by atoms with Gasteiger partial charge in [-0.05, 0) is 104 Å². The molecule has 4 saturated heterocycles. The Hall–Kier alpha value is -6.06. The van der Waals surface area contributed by atoms with Crippen LogP contribution in [0.4, 0.5) is 15.9 Å². The van der Waals surface area contributed by atoms with Crippen molar-refractivity contribution < 1.29 is 28.3 Å². The number of ketones is 1. The molecule has 4 unspecified atom stereocenters. The maximum atomic E-state index is 15.9. The zero-order chi connectivity index (χ0) is 40.4. The van der Waals surface area contributed by atoms with Gasteiger partial charge in [-0.1, -0.05) is 18.2 Å². The minimum Gasteiger partial charge on any atom is -0.457 e. The summed E-state index contributed by atoms with van der Waals surface area (Å²) in [4.78, 5) is 64.6. The van der Waals surface area contributed by atoms with E-state index < -0.39 is 23.8 Å². The predicted molar refractivity (Wildman–Crippen MR) is 216 cm³/mol. The van der Waals surface area contributed by atoms with Crippen LogP contribution in [-0.4, -0.2) is 91.2 Å². The van der Waals surface area contributed by atoms with Crippen LogP contribution in [-0.2, 0) is 25.7 Å². The summed E-state index contributed by atoms with van der Waals surface area (Å²) in [5.41, 5.74) is 10.4. The molecule has 5 aliphatic heterocycles. The molecule has 0 spiro atoms. The van der Waals surface area contributed by atoms with E-state index in [9.17, 15) is 19.2 Å². The highest BCUT2D eigenvalue weighted by atomic mass is 19.1. The summed E-state index contributed by atoms with van der Waals surface area (Å²) in [6.45, 7) is 2.45. The number of anilines is 2. The monoisotopic (exact) mass is 797 g/mol. The van der Waals surface area contributed by atoms with Crippen LogP contribution in [0, 0.1) is 11.7 Å². The number of para-hydroxylation sites is 1. The lowest BCUT2D eigenvalue weighted by molar-refractivity contribution is -0.141. The molecule has 59 heavy (non-hydrogen) atoms. The number of hydrogen-bond acceptors (Lipinski definition) is 12. The molecule has 3 aromatic carbocycles. The van der Waals surface area contributed by atoms with E-state index in [0.29, 0.717) is 41.6 Å². The molecule has 2 aromatic heterocycles. The van der Waals surface area contributed by atoms with Crippen LogP contribution in [0.5, 0.6) is 11.5 Å². The molecular formula is C44H44FN9O5. The number of imide groups is 1. The van der Waals surface area contributed by atoms with E-state index in [-0.39, 0.29) is 55.5 Å². The van der Waals surface area contributed by atoms with E-state index in [1.807, 2.05) is 59.3 Å². The highest BCUT2D eigenvalue weighted by Gasteiger charge is 2.48. The molecular weight excluding hydrogens is 754 g/mol. The molecule has 5 aromatic rings. The van der Waals surface area contributed by atoms with Crippen molar-refractivity contribution in [3.8, 4) is 22.8 Å². The van der Waals surface area contributed by atoms with Crippen LogP contribution >= 0.6 is 0 Å². The van der Waals surface area contributed by atoms with E-state index in [1.165, 1.54) is 12.4 Å². The molecule has 15 heteroatoms. The van der Waals surface area contributed by atoms with E-state index in [4.69, 9.17) is 15.6 Å². The number of hydrogen-bond donors (Lipinski definition) is 2. The van der Waals surface area contributed by atoms with E-state index in [0.717, 1.165) is 72.4 Å². The van der Waals surface area contributed by atoms with E-state index in [2.05, 4.69) is 25.1 Å². The highest BCUT2D eigenvalue weighted by molar-refractivity contribution is 6.27. The molecule has 11 rings (SSSR count). The number of carbonyl (C=O) groups excluding carboxylic acids is 4. The van der Waals surface area contributed by atoms with Crippen molar-refractivity contribution in [2.75, 3.05) is 30.3 Å². The first-order valence-corrected chi connectivity index (χ1v) is 20.5. The maximum absolute atomic E-state index is 15.9. The Morgan fingerprint density at radius 1 is 0.932 bits per heavy atom. The van der Waals surface area contributed by atoms with Gasteiger partial charge in [-0.25, -0.2) is 19.0 Å². The Balaban J connectivity index is 0.793. The molecule has 302 valence electrons. The second-order valence-corrected chi connectivity index (χ2v) is 16.6. The Morgan fingerprint density at radius 3 is 2.41 bits per heavy atom. The van der Waals surface area contributed by atoms with Gasteiger partial charge < -0.3 is 15.4 Å². The summed E-state index contributed by atoms with van der Waals surface area (Å²) < 4.78 is 23.9. The number of aromatic nitrogens is 4. The summed E-state index contributed by atoms with van der Waals surface area (Å²) in [6.07, 6.45) is 7.20. The van der Waals surface area contributed by atoms with Crippen LogP contribution in [0.1, 0.15) is 68.2 Å². The highest BCUT2D eigenvalue weighted by Crippen LogP contribution is 2.44. The normalized spacial score (nSPS) is 25.7. The van der Waals surface area contributed by atoms with Gasteiger partial charge in [0.1, 0.15) is 41.2 Å².